The van der Waals surface area contributed by atoms with Gasteiger partial charge in [-0.15, -0.1) is 0 Å². The first-order valence-corrected chi connectivity index (χ1v) is 14.4. The Kier molecular flexibility index (Phi) is 6.40. The number of sulfonamides is 1. The third kappa shape index (κ3) is 4.79. The molecule has 1 amide bonds. The van der Waals surface area contributed by atoms with Crippen LogP contribution in [0.25, 0.3) is 11.0 Å². The minimum atomic E-state index is -3.87. The lowest BCUT2D eigenvalue weighted by Crippen LogP contribution is -2.36. The summed E-state index contributed by atoms with van der Waals surface area (Å²) in [6.45, 7) is 1.90. The molecule has 1 aliphatic heterocycles. The molecule has 7 nitrogen and oxygen atoms in total. The largest absolute Gasteiger partial charge is 0.342 e. The minimum absolute atomic E-state index is 0.0852. The summed E-state index contributed by atoms with van der Waals surface area (Å²) in [4.78, 5) is 21.7. The van der Waals surface area contributed by atoms with Crippen molar-refractivity contribution < 1.29 is 13.2 Å². The maximum Gasteiger partial charge on any atom is 0.264 e. The summed E-state index contributed by atoms with van der Waals surface area (Å²) < 4.78 is 29.0. The monoisotopic (exact) mass is 536 g/mol. The second kappa shape index (κ2) is 10.0. The van der Waals surface area contributed by atoms with E-state index in [0.29, 0.717) is 24.4 Å². The third-order valence-corrected chi connectivity index (χ3v) is 9.05. The number of imidazole rings is 1. The van der Waals surface area contributed by atoms with Gasteiger partial charge >= 0.3 is 0 Å². The summed E-state index contributed by atoms with van der Waals surface area (Å²) in [5.41, 5.74) is 4.69. The molecule has 0 fully saturated rings. The molecule has 39 heavy (non-hydrogen) atoms. The number of para-hydroxylation sites is 3. The molecular weight excluding hydrogens is 508 g/mol. The van der Waals surface area contributed by atoms with Crippen LogP contribution in [0.3, 0.4) is 0 Å². The van der Waals surface area contributed by atoms with Crippen LogP contribution in [0.15, 0.2) is 108 Å². The van der Waals surface area contributed by atoms with E-state index in [1.165, 1.54) is 10.4 Å². The highest BCUT2D eigenvalue weighted by molar-refractivity contribution is 7.92. The van der Waals surface area contributed by atoms with Gasteiger partial charge in [0.15, 0.2) is 0 Å². The molecule has 2 N–H and O–H groups in total. The molecule has 0 aliphatic carbocycles. The predicted octanol–water partition coefficient (Wildman–Crippen LogP) is 5.42. The SMILES string of the molecule is C[C@H]1Cc2ccccc2N1S(=O)(=O)c1cccc(C(=O)N[C@@H](Cc2ccccc2)c2nc3ccccc3[nH]2)c1. The minimum Gasteiger partial charge on any atom is -0.342 e. The summed E-state index contributed by atoms with van der Waals surface area (Å²) in [6, 6.07) is 30.7. The number of nitrogens with zero attached hydrogens (tertiary/aromatic N) is 2. The first kappa shape index (κ1) is 24.9. The number of aromatic amines is 1. The Morgan fingerprint density at radius 1 is 0.974 bits per heavy atom. The van der Waals surface area contributed by atoms with Crippen molar-refractivity contribution in [1.29, 1.82) is 0 Å². The molecule has 0 saturated heterocycles. The third-order valence-electron chi connectivity index (χ3n) is 7.12. The summed E-state index contributed by atoms with van der Waals surface area (Å²) in [5.74, 6) is 0.267. The normalized spacial score (nSPS) is 15.7. The van der Waals surface area contributed by atoms with Gasteiger partial charge in [0.2, 0.25) is 0 Å². The second-order valence-corrected chi connectivity index (χ2v) is 11.7. The summed E-state index contributed by atoms with van der Waals surface area (Å²) >= 11 is 0. The number of benzene rings is 4. The van der Waals surface area contributed by atoms with Crippen LogP contribution in [0.2, 0.25) is 0 Å². The van der Waals surface area contributed by atoms with E-state index in [1.54, 1.807) is 18.2 Å². The Morgan fingerprint density at radius 3 is 2.54 bits per heavy atom. The first-order chi connectivity index (χ1) is 18.9. The zero-order valence-electron chi connectivity index (χ0n) is 21.4. The molecule has 8 heteroatoms. The topological polar surface area (TPSA) is 95.2 Å². The van der Waals surface area contributed by atoms with Crippen LogP contribution in [-0.2, 0) is 22.9 Å². The van der Waals surface area contributed by atoms with Gasteiger partial charge in [0.05, 0.1) is 27.7 Å². The molecule has 5 aromatic rings. The van der Waals surface area contributed by atoms with Crippen molar-refractivity contribution in [2.24, 2.45) is 0 Å². The Balaban J connectivity index is 1.31. The van der Waals surface area contributed by atoms with Gasteiger partial charge in [-0.2, -0.15) is 0 Å². The Bertz CT molecular complexity index is 1730. The van der Waals surface area contributed by atoms with Crippen molar-refractivity contribution >= 4 is 32.7 Å². The van der Waals surface area contributed by atoms with E-state index in [4.69, 9.17) is 4.98 Å². The van der Waals surface area contributed by atoms with Crippen LogP contribution < -0.4 is 9.62 Å². The summed E-state index contributed by atoms with van der Waals surface area (Å²) in [6.07, 6.45) is 1.17. The molecule has 6 rings (SSSR count). The van der Waals surface area contributed by atoms with E-state index in [-0.39, 0.29) is 22.4 Å². The van der Waals surface area contributed by atoms with E-state index in [9.17, 15) is 13.2 Å². The Labute approximate surface area is 227 Å². The van der Waals surface area contributed by atoms with Crippen molar-refractivity contribution in [1.82, 2.24) is 15.3 Å². The highest BCUT2D eigenvalue weighted by atomic mass is 32.2. The van der Waals surface area contributed by atoms with Crippen LogP contribution in [0.4, 0.5) is 5.69 Å². The molecular formula is C31H28N4O3S. The van der Waals surface area contributed by atoms with E-state index < -0.39 is 16.1 Å². The standard InChI is InChI=1S/C31H28N4O3S/c1-21-18-23-12-5-8-17-29(23)35(21)39(37,38)25-14-9-13-24(20-25)31(36)34-28(19-22-10-3-2-4-11-22)30-32-26-15-6-7-16-27(26)33-30/h2-17,20-21,28H,18-19H2,1H3,(H,32,33)(H,34,36)/t21-,28-/m0/s1. The number of carbonyl (C=O) groups excluding carboxylic acids is 1. The Hall–Kier alpha value is -4.43. The Morgan fingerprint density at radius 2 is 1.72 bits per heavy atom. The van der Waals surface area contributed by atoms with E-state index in [2.05, 4.69) is 10.3 Å². The number of nitrogens with one attached hydrogen (secondary N) is 2. The lowest BCUT2D eigenvalue weighted by Gasteiger charge is -2.24. The number of fused-ring (bicyclic) bond motifs is 2. The molecule has 0 saturated carbocycles. The second-order valence-electron chi connectivity index (χ2n) is 9.87. The number of anilines is 1. The maximum atomic E-state index is 13.7. The number of carbonyl (C=O) groups is 1. The number of amides is 1. The van der Waals surface area contributed by atoms with Gasteiger partial charge < -0.3 is 10.3 Å². The summed E-state index contributed by atoms with van der Waals surface area (Å²) in [5, 5.41) is 3.09. The number of hydrogen-bond donors (Lipinski definition) is 2. The van der Waals surface area contributed by atoms with Crippen LogP contribution >= 0.6 is 0 Å². The smallest absolute Gasteiger partial charge is 0.264 e. The molecule has 0 unspecified atom stereocenters. The molecule has 4 aromatic carbocycles. The first-order valence-electron chi connectivity index (χ1n) is 12.9. The van der Waals surface area contributed by atoms with Crippen molar-refractivity contribution in [2.75, 3.05) is 4.31 Å². The van der Waals surface area contributed by atoms with Gasteiger partial charge in [0, 0.05) is 11.6 Å². The van der Waals surface area contributed by atoms with Crippen LogP contribution in [0.1, 0.15) is 40.3 Å². The lowest BCUT2D eigenvalue weighted by atomic mass is 10.0. The fourth-order valence-corrected chi connectivity index (χ4v) is 7.00. The molecule has 2 atom stereocenters. The lowest BCUT2D eigenvalue weighted by molar-refractivity contribution is 0.0934. The van der Waals surface area contributed by atoms with Crippen LogP contribution in [0, 0.1) is 0 Å². The van der Waals surface area contributed by atoms with Gasteiger partial charge in [-0.05, 0) is 67.3 Å². The van der Waals surface area contributed by atoms with E-state index >= 15 is 0 Å². The number of H-pyrrole nitrogens is 1. The van der Waals surface area contributed by atoms with Gasteiger partial charge in [0.25, 0.3) is 15.9 Å². The van der Waals surface area contributed by atoms with Crippen LogP contribution in [-0.4, -0.2) is 30.3 Å². The van der Waals surface area contributed by atoms with Crippen molar-refractivity contribution in [3.63, 3.8) is 0 Å². The fraction of sp³-hybridized carbons (Fsp3) is 0.161. The van der Waals surface area contributed by atoms with E-state index in [1.807, 2.05) is 85.8 Å². The molecule has 0 spiro atoms. The van der Waals surface area contributed by atoms with Crippen molar-refractivity contribution in [3.8, 4) is 0 Å². The molecule has 1 aromatic heterocycles. The number of hydrogen-bond acceptors (Lipinski definition) is 4. The highest BCUT2D eigenvalue weighted by Gasteiger charge is 2.36. The van der Waals surface area contributed by atoms with Gasteiger partial charge in [-0.3, -0.25) is 9.10 Å². The van der Waals surface area contributed by atoms with Crippen LogP contribution in [0.5, 0.6) is 0 Å². The quantitative estimate of drug-likeness (QED) is 0.291. The predicted molar refractivity (Wildman–Crippen MR) is 152 cm³/mol. The zero-order valence-corrected chi connectivity index (χ0v) is 22.2. The van der Waals surface area contributed by atoms with Gasteiger partial charge in [0.1, 0.15) is 5.82 Å². The average molecular weight is 537 g/mol. The van der Waals surface area contributed by atoms with Gasteiger partial charge in [-0.1, -0.05) is 66.7 Å². The molecule has 196 valence electrons. The van der Waals surface area contributed by atoms with E-state index in [0.717, 1.165) is 22.2 Å². The molecule has 0 radical (unpaired) electrons. The molecule has 2 heterocycles. The number of aromatic nitrogens is 2. The molecule has 1 aliphatic rings. The van der Waals surface area contributed by atoms with Gasteiger partial charge in [-0.25, -0.2) is 13.4 Å². The van der Waals surface area contributed by atoms with Crippen molar-refractivity contribution in [3.05, 3.63) is 126 Å². The maximum absolute atomic E-state index is 13.7. The number of rotatable bonds is 7. The van der Waals surface area contributed by atoms with Crippen molar-refractivity contribution in [2.45, 2.75) is 36.7 Å². The molecule has 0 bridgehead atoms. The summed E-state index contributed by atoms with van der Waals surface area (Å²) in [7, 11) is -3.87. The zero-order chi connectivity index (χ0) is 27.0. The highest BCUT2D eigenvalue weighted by Crippen LogP contribution is 2.36. The fourth-order valence-electron chi connectivity index (χ4n) is 5.26. The average Bonchev–Trinajstić information content (AvgIpc) is 3.54.